The predicted molar refractivity (Wildman–Crippen MR) is 45.9 cm³/mol. The van der Waals surface area contributed by atoms with E-state index < -0.39 is 6.17 Å². The Morgan fingerprint density at radius 3 is 2.55 bits per heavy atom. The number of halogens is 2. The van der Waals surface area contributed by atoms with Gasteiger partial charge in [-0.05, 0) is 13.8 Å². The predicted octanol–water partition coefficient (Wildman–Crippen LogP) is 1.12. The van der Waals surface area contributed by atoms with Crippen molar-refractivity contribution in [2.75, 3.05) is 13.2 Å². The first-order valence-corrected chi connectivity index (χ1v) is 3.14. The fraction of sp³-hybridized carbons (Fsp3) is 0.833. The zero-order valence-electron chi connectivity index (χ0n) is 6.71. The molecular weight excluding hydrogens is 171 g/mol. The van der Waals surface area contributed by atoms with Crippen LogP contribution in [0.4, 0.5) is 4.39 Å². The van der Waals surface area contributed by atoms with Crippen LogP contribution in [0.5, 0.6) is 0 Å². The molecule has 11 heavy (non-hydrogen) atoms. The van der Waals surface area contributed by atoms with Gasteiger partial charge in [-0.25, -0.2) is 4.39 Å². The molecule has 0 aliphatic carbocycles. The molecule has 3 nitrogen and oxygen atoms in total. The molecule has 0 saturated carbocycles. The third kappa shape index (κ3) is 9.65. The highest BCUT2D eigenvalue weighted by atomic mass is 35.5. The van der Waals surface area contributed by atoms with Crippen molar-refractivity contribution in [3.8, 4) is 0 Å². The smallest absolute Gasteiger partial charge is 0.149 e. The summed E-state index contributed by atoms with van der Waals surface area (Å²) in [5.74, 6) is 0. The van der Waals surface area contributed by atoms with E-state index in [1.807, 2.05) is 0 Å². The minimum atomic E-state index is -1.11. The quantitative estimate of drug-likeness (QED) is 0.526. The van der Waals surface area contributed by atoms with Crippen LogP contribution in [0.25, 0.3) is 0 Å². The maximum atomic E-state index is 12.3. The Labute approximate surface area is 72.2 Å². The summed E-state index contributed by atoms with van der Waals surface area (Å²) in [5, 5.41) is 3.53. The number of oxime groups is 1. The van der Waals surface area contributed by atoms with Crippen molar-refractivity contribution in [3.63, 3.8) is 0 Å². The molecule has 0 saturated heterocycles. The first kappa shape index (κ1) is 13.3. The first-order chi connectivity index (χ1) is 4.66. The normalized spacial score (nSPS) is 11.3. The van der Waals surface area contributed by atoms with Gasteiger partial charge in [0, 0.05) is 6.54 Å². The van der Waals surface area contributed by atoms with E-state index >= 15 is 0 Å². The van der Waals surface area contributed by atoms with Crippen LogP contribution in [-0.2, 0) is 4.84 Å². The van der Waals surface area contributed by atoms with Crippen molar-refractivity contribution in [3.05, 3.63) is 0 Å². The van der Waals surface area contributed by atoms with E-state index in [0.29, 0.717) is 0 Å². The van der Waals surface area contributed by atoms with E-state index in [1.165, 1.54) is 0 Å². The van der Waals surface area contributed by atoms with Gasteiger partial charge in [0.25, 0.3) is 0 Å². The summed E-state index contributed by atoms with van der Waals surface area (Å²) in [4.78, 5) is 4.58. The fourth-order valence-corrected chi connectivity index (χ4v) is 0.315. The van der Waals surface area contributed by atoms with Gasteiger partial charge in [-0.15, -0.1) is 12.4 Å². The molecule has 0 spiro atoms. The highest BCUT2D eigenvalue weighted by Crippen LogP contribution is 1.89. The second-order valence-electron chi connectivity index (χ2n) is 2.17. The van der Waals surface area contributed by atoms with Crippen LogP contribution in [0.15, 0.2) is 5.16 Å². The van der Waals surface area contributed by atoms with Gasteiger partial charge in [0.1, 0.15) is 12.8 Å². The molecule has 0 radical (unpaired) electrons. The zero-order chi connectivity index (χ0) is 7.98. The van der Waals surface area contributed by atoms with Crippen LogP contribution in [0.1, 0.15) is 13.8 Å². The molecule has 0 amide bonds. The molecule has 1 unspecified atom stereocenters. The van der Waals surface area contributed by atoms with Gasteiger partial charge in [0.2, 0.25) is 0 Å². The van der Waals surface area contributed by atoms with E-state index in [4.69, 9.17) is 5.73 Å². The van der Waals surface area contributed by atoms with Gasteiger partial charge in [0.05, 0.1) is 5.71 Å². The molecule has 0 fully saturated rings. The topological polar surface area (TPSA) is 47.6 Å². The minimum Gasteiger partial charge on any atom is -0.393 e. The third-order valence-corrected chi connectivity index (χ3v) is 0.758. The Kier molecular flexibility index (Phi) is 9.34. The molecule has 2 N–H and O–H groups in total. The van der Waals surface area contributed by atoms with Crippen molar-refractivity contribution >= 4 is 18.1 Å². The van der Waals surface area contributed by atoms with Crippen molar-refractivity contribution < 1.29 is 9.23 Å². The lowest BCUT2D eigenvalue weighted by Gasteiger charge is -2.02. The van der Waals surface area contributed by atoms with E-state index in [9.17, 15) is 4.39 Å². The van der Waals surface area contributed by atoms with Gasteiger partial charge >= 0.3 is 0 Å². The van der Waals surface area contributed by atoms with Crippen molar-refractivity contribution in [1.82, 2.24) is 0 Å². The summed E-state index contributed by atoms with van der Waals surface area (Å²) in [6, 6.07) is 0. The fourth-order valence-electron chi connectivity index (χ4n) is 0.315. The van der Waals surface area contributed by atoms with E-state index in [2.05, 4.69) is 9.99 Å². The summed E-state index contributed by atoms with van der Waals surface area (Å²) in [6.45, 7) is 3.48. The lowest BCUT2D eigenvalue weighted by atomic mass is 10.4. The van der Waals surface area contributed by atoms with E-state index in [1.54, 1.807) is 13.8 Å². The van der Waals surface area contributed by atoms with Crippen LogP contribution in [0.3, 0.4) is 0 Å². The monoisotopic (exact) mass is 184 g/mol. The summed E-state index contributed by atoms with van der Waals surface area (Å²) >= 11 is 0. The number of hydrogen-bond acceptors (Lipinski definition) is 3. The van der Waals surface area contributed by atoms with Crippen molar-refractivity contribution in [2.24, 2.45) is 10.9 Å². The second-order valence-corrected chi connectivity index (χ2v) is 2.17. The number of hydrogen-bond donors (Lipinski definition) is 1. The SMILES string of the molecule is CC(C)=NOCC(F)CN.Cl. The lowest BCUT2D eigenvalue weighted by molar-refractivity contribution is 0.0897. The standard InChI is InChI=1S/C6H13FN2O.ClH/c1-5(2)9-10-4-6(7)3-8;/h6H,3-4,8H2,1-2H3;1H. The van der Waals surface area contributed by atoms with Crippen LogP contribution in [0.2, 0.25) is 0 Å². The van der Waals surface area contributed by atoms with Gasteiger partial charge in [-0.3, -0.25) is 0 Å². The summed E-state index contributed by atoms with van der Waals surface area (Å²) in [5.41, 5.74) is 5.75. The molecule has 0 aromatic heterocycles. The minimum absolute atomic E-state index is 0. The summed E-state index contributed by atoms with van der Waals surface area (Å²) in [6.07, 6.45) is -1.11. The van der Waals surface area contributed by atoms with Gasteiger partial charge in [-0.1, -0.05) is 5.16 Å². The van der Waals surface area contributed by atoms with Gasteiger partial charge in [0.15, 0.2) is 0 Å². The molecule has 0 aliphatic heterocycles. The molecule has 0 rings (SSSR count). The summed E-state index contributed by atoms with van der Waals surface area (Å²) in [7, 11) is 0. The Hall–Kier alpha value is -0.350. The second kappa shape index (κ2) is 7.75. The van der Waals surface area contributed by atoms with Crippen LogP contribution < -0.4 is 5.73 Å². The number of nitrogens with zero attached hydrogens (tertiary/aromatic N) is 1. The molecular formula is C6H14ClFN2O. The Morgan fingerprint density at radius 1 is 1.64 bits per heavy atom. The Balaban J connectivity index is 0. The average Bonchev–Trinajstić information content (AvgIpc) is 1.87. The van der Waals surface area contributed by atoms with Crippen molar-refractivity contribution in [2.45, 2.75) is 20.0 Å². The zero-order valence-corrected chi connectivity index (χ0v) is 7.53. The van der Waals surface area contributed by atoms with Crippen LogP contribution in [-0.4, -0.2) is 25.0 Å². The maximum absolute atomic E-state index is 12.3. The maximum Gasteiger partial charge on any atom is 0.149 e. The number of rotatable bonds is 4. The molecule has 0 aromatic carbocycles. The van der Waals surface area contributed by atoms with Gasteiger partial charge in [-0.2, -0.15) is 0 Å². The largest absolute Gasteiger partial charge is 0.393 e. The van der Waals surface area contributed by atoms with Crippen molar-refractivity contribution in [1.29, 1.82) is 0 Å². The molecule has 0 aromatic rings. The van der Waals surface area contributed by atoms with Gasteiger partial charge < -0.3 is 10.6 Å². The third-order valence-electron chi connectivity index (χ3n) is 0.758. The average molecular weight is 185 g/mol. The highest BCUT2D eigenvalue weighted by Gasteiger charge is 2.01. The Morgan fingerprint density at radius 2 is 2.18 bits per heavy atom. The summed E-state index contributed by atoms with van der Waals surface area (Å²) < 4.78 is 12.3. The molecule has 1 atom stereocenters. The van der Waals surface area contributed by atoms with E-state index in [-0.39, 0.29) is 25.6 Å². The molecule has 0 bridgehead atoms. The molecule has 68 valence electrons. The number of nitrogens with two attached hydrogens (primary N) is 1. The lowest BCUT2D eigenvalue weighted by Crippen LogP contribution is -2.19. The molecule has 0 heterocycles. The molecule has 0 aliphatic rings. The first-order valence-electron chi connectivity index (χ1n) is 3.14. The highest BCUT2D eigenvalue weighted by molar-refractivity contribution is 5.85. The van der Waals surface area contributed by atoms with Crippen LogP contribution in [0, 0.1) is 0 Å². The van der Waals surface area contributed by atoms with Crippen LogP contribution >= 0.6 is 12.4 Å². The van der Waals surface area contributed by atoms with E-state index in [0.717, 1.165) is 5.71 Å². The Bertz CT molecular complexity index is 117. The number of alkyl halides is 1. The molecule has 5 heteroatoms.